The maximum atomic E-state index is 10.7. The van der Waals surface area contributed by atoms with Crippen LogP contribution >= 0.6 is 0 Å². The molecule has 1 rings (SSSR count). The number of rotatable bonds is 2. The molecule has 0 aromatic heterocycles. The summed E-state index contributed by atoms with van der Waals surface area (Å²) in [6.45, 7) is 3.71. The Labute approximate surface area is 74.9 Å². The first-order valence-electron chi connectivity index (χ1n) is 3.77. The summed E-state index contributed by atoms with van der Waals surface area (Å²) in [4.78, 5) is 0. The molecule has 1 N–H and O–H groups in total. The third kappa shape index (κ3) is 2.16. The molecule has 3 heteroatoms. The van der Waals surface area contributed by atoms with Gasteiger partial charge in [-0.2, -0.15) is 0 Å². The van der Waals surface area contributed by atoms with E-state index in [9.17, 15) is 4.21 Å². The smallest absolute Gasteiger partial charge is 0.160 e. The van der Waals surface area contributed by atoms with Gasteiger partial charge in [0.2, 0.25) is 0 Å². The Morgan fingerprint density at radius 1 is 1.50 bits per heavy atom. The predicted octanol–water partition coefficient (Wildman–Crippen LogP) is 2.28. The average Bonchev–Trinajstić information content (AvgIpc) is 2.03. The van der Waals surface area contributed by atoms with Crippen molar-refractivity contribution in [2.24, 2.45) is 0 Å². The van der Waals surface area contributed by atoms with Gasteiger partial charge in [0.05, 0.1) is 5.25 Å². The first-order valence-corrected chi connectivity index (χ1v) is 4.94. The van der Waals surface area contributed by atoms with Crippen molar-refractivity contribution in [3.63, 3.8) is 0 Å². The van der Waals surface area contributed by atoms with Crippen LogP contribution in [0.1, 0.15) is 23.3 Å². The molecule has 1 unspecified atom stereocenters. The molecule has 0 aliphatic heterocycles. The van der Waals surface area contributed by atoms with Gasteiger partial charge >= 0.3 is 0 Å². The van der Waals surface area contributed by atoms with E-state index in [0.29, 0.717) is 0 Å². The first kappa shape index (κ1) is 9.42. The van der Waals surface area contributed by atoms with E-state index in [1.165, 1.54) is 0 Å². The van der Waals surface area contributed by atoms with Crippen molar-refractivity contribution in [2.45, 2.75) is 19.1 Å². The van der Waals surface area contributed by atoms with E-state index < -0.39 is 11.1 Å². The van der Waals surface area contributed by atoms with Crippen LogP contribution in [0.4, 0.5) is 0 Å². The normalized spacial score (nSPS) is 15.6. The third-order valence-corrected chi connectivity index (χ3v) is 2.69. The van der Waals surface area contributed by atoms with E-state index >= 15 is 0 Å². The van der Waals surface area contributed by atoms with Crippen LogP contribution in [-0.4, -0.2) is 8.76 Å². The highest BCUT2D eigenvalue weighted by atomic mass is 32.2. The number of aryl methyl sites for hydroxylation is 1. The summed E-state index contributed by atoms with van der Waals surface area (Å²) in [5.74, 6) is 0. The van der Waals surface area contributed by atoms with E-state index in [2.05, 4.69) is 0 Å². The van der Waals surface area contributed by atoms with Gasteiger partial charge in [0.1, 0.15) is 0 Å². The second-order valence-electron chi connectivity index (χ2n) is 2.83. The minimum atomic E-state index is -1.77. The van der Waals surface area contributed by atoms with Crippen LogP contribution in [0.3, 0.4) is 0 Å². The number of hydrogen-bond acceptors (Lipinski definition) is 1. The summed E-state index contributed by atoms with van der Waals surface area (Å²) in [7, 11) is 0. The molecule has 2 nitrogen and oxygen atoms in total. The Kier molecular flexibility index (Phi) is 3.00. The lowest BCUT2D eigenvalue weighted by atomic mass is 10.1. The van der Waals surface area contributed by atoms with Crippen molar-refractivity contribution < 1.29 is 8.76 Å². The van der Waals surface area contributed by atoms with Crippen molar-refractivity contribution in [1.29, 1.82) is 0 Å². The van der Waals surface area contributed by atoms with Crippen LogP contribution in [0.2, 0.25) is 0 Å². The van der Waals surface area contributed by atoms with Crippen LogP contribution in [-0.2, 0) is 11.1 Å². The Morgan fingerprint density at radius 3 is 2.67 bits per heavy atom. The average molecular weight is 184 g/mol. The zero-order valence-electron chi connectivity index (χ0n) is 7.15. The molecule has 12 heavy (non-hydrogen) atoms. The van der Waals surface area contributed by atoms with E-state index in [1.807, 2.05) is 31.2 Å². The van der Waals surface area contributed by atoms with Crippen LogP contribution in [0.25, 0.3) is 0 Å². The van der Waals surface area contributed by atoms with Crippen LogP contribution in [0.15, 0.2) is 24.3 Å². The van der Waals surface area contributed by atoms with Crippen molar-refractivity contribution in [3.05, 3.63) is 35.4 Å². The fourth-order valence-electron chi connectivity index (χ4n) is 1.04. The van der Waals surface area contributed by atoms with Gasteiger partial charge in [-0.05, 0) is 19.4 Å². The van der Waals surface area contributed by atoms with Gasteiger partial charge < -0.3 is 4.55 Å². The lowest BCUT2D eigenvalue weighted by molar-refractivity contribution is 0.554. The molecule has 0 fully saturated rings. The summed E-state index contributed by atoms with van der Waals surface area (Å²) in [6.07, 6.45) is 0. The molecular formula is C9H12O2S. The second-order valence-corrected chi connectivity index (χ2v) is 4.09. The number of hydrogen-bond donors (Lipinski definition) is 1. The van der Waals surface area contributed by atoms with Gasteiger partial charge in [-0.25, -0.2) is 4.21 Å². The highest BCUT2D eigenvalue weighted by Gasteiger charge is 2.10. The zero-order chi connectivity index (χ0) is 9.14. The molecule has 0 heterocycles. The van der Waals surface area contributed by atoms with Crippen LogP contribution in [0, 0.1) is 6.92 Å². The second kappa shape index (κ2) is 3.83. The quantitative estimate of drug-likeness (QED) is 0.716. The van der Waals surface area contributed by atoms with Gasteiger partial charge in [0, 0.05) is 0 Å². The van der Waals surface area contributed by atoms with Gasteiger partial charge in [-0.1, -0.05) is 29.8 Å². The first-order chi connectivity index (χ1) is 5.61. The summed E-state index contributed by atoms with van der Waals surface area (Å²) >= 11 is -1.77. The topological polar surface area (TPSA) is 37.3 Å². The molecule has 1 aromatic carbocycles. The summed E-state index contributed by atoms with van der Waals surface area (Å²) < 4.78 is 19.6. The zero-order valence-corrected chi connectivity index (χ0v) is 7.97. The van der Waals surface area contributed by atoms with Crippen LogP contribution in [0.5, 0.6) is 0 Å². The highest BCUT2D eigenvalue weighted by Crippen LogP contribution is 2.18. The Bertz CT molecular complexity index is 296. The fourth-order valence-corrected chi connectivity index (χ4v) is 1.42. The van der Waals surface area contributed by atoms with E-state index in [-0.39, 0.29) is 5.25 Å². The predicted molar refractivity (Wildman–Crippen MR) is 50.4 cm³/mol. The van der Waals surface area contributed by atoms with E-state index in [0.717, 1.165) is 11.1 Å². The van der Waals surface area contributed by atoms with Crippen molar-refractivity contribution in [1.82, 2.24) is 0 Å². The maximum Gasteiger partial charge on any atom is 0.160 e. The minimum absolute atomic E-state index is 0.301. The van der Waals surface area contributed by atoms with Gasteiger partial charge in [-0.15, -0.1) is 0 Å². The van der Waals surface area contributed by atoms with Gasteiger partial charge in [0.25, 0.3) is 0 Å². The third-order valence-electron chi connectivity index (χ3n) is 1.81. The minimum Gasteiger partial charge on any atom is -0.306 e. The lowest BCUT2D eigenvalue weighted by Gasteiger charge is -2.07. The Balaban J connectivity index is 2.95. The standard InChI is InChI=1S/C9H12O2S/c1-7-4-3-5-9(6-7)8(2)12(10)11/h3-6,8H,1-2H3,(H,10,11)/t8-/m1/s1. The molecule has 66 valence electrons. The molecule has 0 bridgehead atoms. The number of benzene rings is 1. The van der Waals surface area contributed by atoms with Gasteiger partial charge in [-0.3, -0.25) is 0 Å². The van der Waals surface area contributed by atoms with Crippen LogP contribution < -0.4 is 0 Å². The van der Waals surface area contributed by atoms with Crippen molar-refractivity contribution in [2.75, 3.05) is 0 Å². The molecule has 0 aliphatic rings. The van der Waals surface area contributed by atoms with E-state index in [4.69, 9.17) is 4.55 Å². The fraction of sp³-hybridized carbons (Fsp3) is 0.333. The molecule has 0 amide bonds. The molecule has 0 saturated heterocycles. The van der Waals surface area contributed by atoms with Gasteiger partial charge in [0.15, 0.2) is 11.1 Å². The van der Waals surface area contributed by atoms with E-state index in [1.54, 1.807) is 6.92 Å². The molecule has 0 spiro atoms. The molecule has 0 aliphatic carbocycles. The molecule has 2 atom stereocenters. The van der Waals surface area contributed by atoms with Crippen molar-refractivity contribution in [3.8, 4) is 0 Å². The Hall–Kier alpha value is -0.670. The maximum absolute atomic E-state index is 10.7. The summed E-state index contributed by atoms with van der Waals surface area (Å²) in [6, 6.07) is 7.66. The molecule has 1 aromatic rings. The SMILES string of the molecule is Cc1cccc([C@@H](C)S(=O)O)c1. The molecule has 0 saturated carbocycles. The molecule has 0 radical (unpaired) electrons. The highest BCUT2D eigenvalue weighted by molar-refractivity contribution is 7.79. The Morgan fingerprint density at radius 2 is 2.17 bits per heavy atom. The summed E-state index contributed by atoms with van der Waals surface area (Å²) in [5, 5.41) is -0.301. The van der Waals surface area contributed by atoms with Crippen molar-refractivity contribution >= 4 is 11.1 Å². The monoisotopic (exact) mass is 184 g/mol. The lowest BCUT2D eigenvalue weighted by Crippen LogP contribution is -2.00. The summed E-state index contributed by atoms with van der Waals surface area (Å²) in [5.41, 5.74) is 2.03. The largest absolute Gasteiger partial charge is 0.306 e. The molecular weight excluding hydrogens is 172 g/mol.